The normalized spacial score (nSPS) is 19.3. The van der Waals surface area contributed by atoms with Crippen LogP contribution < -0.4 is 0 Å². The smallest absolute Gasteiger partial charge is 0.192 e. The van der Waals surface area contributed by atoms with Crippen molar-refractivity contribution < 1.29 is 14.6 Å². The van der Waals surface area contributed by atoms with Crippen molar-refractivity contribution in [2.24, 2.45) is 5.92 Å². The van der Waals surface area contributed by atoms with E-state index in [1.807, 2.05) is 13.8 Å². The highest BCUT2D eigenvalue weighted by Gasteiger charge is 2.39. The van der Waals surface area contributed by atoms with E-state index in [-0.39, 0.29) is 23.7 Å². The summed E-state index contributed by atoms with van der Waals surface area (Å²) in [5, 5.41) is 19.1. The third-order valence-corrected chi connectivity index (χ3v) is 8.21. The van der Waals surface area contributed by atoms with Crippen molar-refractivity contribution in [1.29, 1.82) is 0 Å². The van der Waals surface area contributed by atoms with Crippen molar-refractivity contribution in [3.8, 4) is 0 Å². The topological polar surface area (TPSA) is 49.7 Å². The van der Waals surface area contributed by atoms with Gasteiger partial charge in [0.05, 0.1) is 12.2 Å². The van der Waals surface area contributed by atoms with Gasteiger partial charge in [0.2, 0.25) is 0 Å². The Bertz CT molecular complexity index is 211. The Balaban J connectivity index is 4.50. The highest BCUT2D eigenvalue weighted by atomic mass is 28.4. The van der Waals surface area contributed by atoms with E-state index >= 15 is 0 Å². The van der Waals surface area contributed by atoms with E-state index in [4.69, 9.17) is 9.53 Å². The summed E-state index contributed by atoms with van der Waals surface area (Å²) in [6.07, 6.45) is -0.817. The zero-order valence-electron chi connectivity index (χ0n) is 11.7. The maximum Gasteiger partial charge on any atom is 0.192 e. The summed E-state index contributed by atoms with van der Waals surface area (Å²) in [7, 11) is -1.83. The molecule has 0 aliphatic rings. The number of hydrogen-bond acceptors (Lipinski definition) is 3. The first kappa shape index (κ1) is 16.1. The molecule has 0 aromatic rings. The lowest BCUT2D eigenvalue weighted by molar-refractivity contribution is -0.0113. The molecule has 0 rings (SSSR count). The summed E-state index contributed by atoms with van der Waals surface area (Å²) in [5.41, 5.74) is 0. The highest BCUT2D eigenvalue weighted by Crippen LogP contribution is 2.37. The fourth-order valence-electron chi connectivity index (χ4n) is 1.28. The van der Waals surface area contributed by atoms with Crippen molar-refractivity contribution in [2.45, 2.75) is 65.0 Å². The molecule has 0 unspecified atom stereocenters. The molecule has 98 valence electrons. The molecule has 0 heterocycles. The van der Waals surface area contributed by atoms with Gasteiger partial charge in [-0.05, 0) is 25.1 Å². The minimum atomic E-state index is -1.83. The molecule has 0 aromatic heterocycles. The summed E-state index contributed by atoms with van der Waals surface area (Å²) in [5.74, 6) is -0.139. The Morgan fingerprint density at radius 3 is 1.94 bits per heavy atom. The van der Waals surface area contributed by atoms with Gasteiger partial charge in [0.25, 0.3) is 0 Å². The quantitative estimate of drug-likeness (QED) is 0.735. The summed E-state index contributed by atoms with van der Waals surface area (Å²) in [4.78, 5) is 0. The molecular weight excluding hydrogens is 220 g/mol. The molecule has 3 atom stereocenters. The van der Waals surface area contributed by atoms with Crippen LogP contribution in [0.25, 0.3) is 0 Å². The molecule has 0 radical (unpaired) electrons. The summed E-state index contributed by atoms with van der Waals surface area (Å²) in [6, 6.07) is 0. The molecule has 2 N–H and O–H groups in total. The van der Waals surface area contributed by atoms with Crippen LogP contribution in [-0.4, -0.2) is 37.3 Å². The Morgan fingerprint density at radius 2 is 1.62 bits per heavy atom. The number of aliphatic hydroxyl groups excluding tert-OH is 2. The van der Waals surface area contributed by atoms with Crippen molar-refractivity contribution in [1.82, 2.24) is 0 Å². The van der Waals surface area contributed by atoms with Crippen molar-refractivity contribution in [2.75, 3.05) is 6.61 Å². The second-order valence-electron chi connectivity index (χ2n) is 6.23. The number of rotatable bonds is 5. The maximum atomic E-state index is 9.95. The Labute approximate surface area is 101 Å². The minimum Gasteiger partial charge on any atom is -0.412 e. The Kier molecular flexibility index (Phi) is 5.66. The lowest BCUT2D eigenvalue weighted by Crippen LogP contribution is -2.47. The van der Waals surface area contributed by atoms with Gasteiger partial charge in [-0.25, -0.2) is 0 Å². The molecule has 0 aromatic carbocycles. The third-order valence-electron chi connectivity index (χ3n) is 3.64. The molecule has 3 nitrogen and oxygen atoms in total. The largest absolute Gasteiger partial charge is 0.412 e. The van der Waals surface area contributed by atoms with Gasteiger partial charge < -0.3 is 14.6 Å². The highest BCUT2D eigenvalue weighted by molar-refractivity contribution is 6.74. The van der Waals surface area contributed by atoms with E-state index < -0.39 is 14.4 Å². The minimum absolute atomic E-state index is 0.00757. The van der Waals surface area contributed by atoms with Crippen LogP contribution in [0.1, 0.15) is 34.6 Å². The first-order valence-electron chi connectivity index (χ1n) is 5.99. The standard InChI is InChI=1S/C12H28O3Si/c1-9(8-13)11(14)10(2)15-16(6,7)12(3,4)5/h9-11,13-14H,8H2,1-7H3/t9-,10+,11-/m0/s1. The molecule has 0 fully saturated rings. The zero-order chi connectivity index (χ0) is 13.1. The molecule has 0 amide bonds. The van der Waals surface area contributed by atoms with E-state index in [0.717, 1.165) is 0 Å². The molecule has 0 saturated carbocycles. The number of hydrogen-bond donors (Lipinski definition) is 2. The van der Waals surface area contributed by atoms with Crippen LogP contribution in [0, 0.1) is 5.92 Å². The van der Waals surface area contributed by atoms with E-state index in [9.17, 15) is 5.11 Å². The Hall–Kier alpha value is 0.0969. The van der Waals surface area contributed by atoms with Gasteiger partial charge in [-0.2, -0.15) is 0 Å². The van der Waals surface area contributed by atoms with Crippen LogP contribution in [-0.2, 0) is 4.43 Å². The van der Waals surface area contributed by atoms with Gasteiger partial charge in [0.1, 0.15) is 0 Å². The lowest BCUT2D eigenvalue weighted by atomic mass is 10.0. The fourth-order valence-corrected chi connectivity index (χ4v) is 2.70. The first-order chi connectivity index (χ1) is 7.03. The predicted octanol–water partition coefficient (Wildman–Crippen LogP) is 2.39. The molecule has 0 bridgehead atoms. The van der Waals surface area contributed by atoms with E-state index in [2.05, 4.69) is 33.9 Å². The second kappa shape index (κ2) is 5.62. The average Bonchev–Trinajstić information content (AvgIpc) is 2.12. The monoisotopic (exact) mass is 248 g/mol. The second-order valence-corrected chi connectivity index (χ2v) is 11.0. The maximum absolute atomic E-state index is 9.95. The first-order valence-corrected chi connectivity index (χ1v) is 8.90. The molecule has 0 aliphatic carbocycles. The van der Waals surface area contributed by atoms with E-state index in [0.29, 0.717) is 0 Å². The summed E-state index contributed by atoms with van der Waals surface area (Å²) in [6.45, 7) is 14.6. The fraction of sp³-hybridized carbons (Fsp3) is 1.00. The molecular formula is C12H28O3Si. The van der Waals surface area contributed by atoms with Crippen LogP contribution in [0.5, 0.6) is 0 Å². The third kappa shape index (κ3) is 4.16. The van der Waals surface area contributed by atoms with Crippen LogP contribution in [0.15, 0.2) is 0 Å². The van der Waals surface area contributed by atoms with Gasteiger partial charge >= 0.3 is 0 Å². The molecule has 16 heavy (non-hydrogen) atoms. The van der Waals surface area contributed by atoms with Crippen LogP contribution in [0.2, 0.25) is 18.1 Å². The molecule has 0 aliphatic heterocycles. The van der Waals surface area contributed by atoms with E-state index in [1.54, 1.807) is 0 Å². The number of aliphatic hydroxyl groups is 2. The predicted molar refractivity (Wildman–Crippen MR) is 70.0 cm³/mol. The SMILES string of the molecule is C[C@@H](CO)[C@H](O)[C@@H](C)O[Si](C)(C)C(C)(C)C. The average molecular weight is 248 g/mol. The van der Waals surface area contributed by atoms with Gasteiger partial charge in [0, 0.05) is 12.5 Å². The van der Waals surface area contributed by atoms with Crippen LogP contribution >= 0.6 is 0 Å². The molecule has 0 saturated heterocycles. The lowest BCUT2D eigenvalue weighted by Gasteiger charge is -2.40. The van der Waals surface area contributed by atoms with Crippen molar-refractivity contribution in [3.63, 3.8) is 0 Å². The van der Waals surface area contributed by atoms with Gasteiger partial charge in [0.15, 0.2) is 8.32 Å². The van der Waals surface area contributed by atoms with Gasteiger partial charge in [-0.1, -0.05) is 27.7 Å². The summed E-state index contributed by atoms with van der Waals surface area (Å²) < 4.78 is 6.06. The van der Waals surface area contributed by atoms with E-state index in [1.165, 1.54) is 0 Å². The van der Waals surface area contributed by atoms with Gasteiger partial charge in [-0.15, -0.1) is 0 Å². The van der Waals surface area contributed by atoms with Crippen LogP contribution in [0.4, 0.5) is 0 Å². The van der Waals surface area contributed by atoms with Crippen LogP contribution in [0.3, 0.4) is 0 Å². The Morgan fingerprint density at radius 1 is 1.19 bits per heavy atom. The molecule has 0 spiro atoms. The zero-order valence-corrected chi connectivity index (χ0v) is 12.7. The summed E-state index contributed by atoms with van der Waals surface area (Å²) >= 11 is 0. The molecule has 4 heteroatoms. The van der Waals surface area contributed by atoms with Crippen molar-refractivity contribution >= 4 is 8.32 Å². The van der Waals surface area contributed by atoms with Crippen molar-refractivity contribution in [3.05, 3.63) is 0 Å². The van der Waals surface area contributed by atoms with Gasteiger partial charge in [-0.3, -0.25) is 0 Å².